The lowest BCUT2D eigenvalue weighted by Crippen LogP contribution is -2.44. The molecule has 96 valence electrons. The van der Waals surface area contributed by atoms with Crippen LogP contribution in [0.1, 0.15) is 46.0 Å². The molecule has 2 unspecified atom stereocenters. The van der Waals surface area contributed by atoms with Gasteiger partial charge in [0.25, 0.3) is 0 Å². The van der Waals surface area contributed by atoms with E-state index >= 15 is 0 Å². The molecule has 17 heavy (non-hydrogen) atoms. The molecule has 0 spiro atoms. The van der Waals surface area contributed by atoms with E-state index < -0.39 is 0 Å². The van der Waals surface area contributed by atoms with Crippen LogP contribution in [-0.2, 0) is 0 Å². The van der Waals surface area contributed by atoms with E-state index in [0.717, 1.165) is 19.0 Å². The number of hydrogen-bond acceptors (Lipinski definition) is 3. The van der Waals surface area contributed by atoms with Crippen LogP contribution in [0.2, 0.25) is 0 Å². The van der Waals surface area contributed by atoms with Crippen molar-refractivity contribution in [2.75, 3.05) is 19.6 Å². The molecule has 3 nitrogen and oxygen atoms in total. The molecule has 0 amide bonds. The molecule has 2 saturated heterocycles. The maximum Gasteiger partial charge on any atom is 0.0684 e. The Kier molecular flexibility index (Phi) is 4.06. The summed E-state index contributed by atoms with van der Waals surface area (Å²) in [6.07, 6.45) is 6.33. The number of likely N-dealkylation sites (tertiary alicyclic amines) is 1. The van der Waals surface area contributed by atoms with E-state index in [-0.39, 0.29) is 5.41 Å². The van der Waals surface area contributed by atoms with E-state index in [1.54, 1.807) is 0 Å². The first-order chi connectivity index (χ1) is 8.12. The highest BCUT2D eigenvalue weighted by Crippen LogP contribution is 2.27. The molecule has 2 aliphatic rings. The van der Waals surface area contributed by atoms with Gasteiger partial charge in [0, 0.05) is 12.1 Å². The second-order valence-corrected chi connectivity index (χ2v) is 6.19. The van der Waals surface area contributed by atoms with Crippen molar-refractivity contribution in [3.05, 3.63) is 0 Å². The first kappa shape index (κ1) is 12.9. The van der Waals surface area contributed by atoms with Gasteiger partial charge in [0.1, 0.15) is 0 Å². The van der Waals surface area contributed by atoms with E-state index in [9.17, 15) is 0 Å². The van der Waals surface area contributed by atoms with Gasteiger partial charge in [0.05, 0.1) is 11.5 Å². The number of nitriles is 1. The van der Waals surface area contributed by atoms with Crippen molar-refractivity contribution in [1.82, 2.24) is 10.2 Å². The first-order valence-corrected chi connectivity index (χ1v) is 7.01. The third-order valence-corrected chi connectivity index (χ3v) is 4.30. The SMILES string of the molecule is CC(C)(C#N)CCN1CCCC1C1CCCN1. The lowest BCUT2D eigenvalue weighted by atomic mass is 9.91. The zero-order chi connectivity index (χ0) is 12.3. The van der Waals surface area contributed by atoms with Crippen LogP contribution in [0.5, 0.6) is 0 Å². The molecule has 0 aromatic heterocycles. The zero-order valence-corrected chi connectivity index (χ0v) is 11.2. The van der Waals surface area contributed by atoms with Gasteiger partial charge in [-0.1, -0.05) is 0 Å². The normalized spacial score (nSPS) is 30.6. The van der Waals surface area contributed by atoms with E-state index in [1.807, 2.05) is 13.8 Å². The minimum Gasteiger partial charge on any atom is -0.312 e. The van der Waals surface area contributed by atoms with Crippen molar-refractivity contribution >= 4 is 0 Å². The summed E-state index contributed by atoms with van der Waals surface area (Å²) in [6.45, 7) is 7.60. The van der Waals surface area contributed by atoms with Crippen molar-refractivity contribution in [1.29, 1.82) is 5.26 Å². The summed E-state index contributed by atoms with van der Waals surface area (Å²) in [6, 6.07) is 3.85. The Morgan fingerprint density at radius 3 is 2.82 bits per heavy atom. The van der Waals surface area contributed by atoms with Crippen LogP contribution in [-0.4, -0.2) is 36.6 Å². The van der Waals surface area contributed by atoms with Gasteiger partial charge in [-0.2, -0.15) is 5.26 Å². The van der Waals surface area contributed by atoms with Gasteiger partial charge in [-0.25, -0.2) is 0 Å². The molecular weight excluding hydrogens is 210 g/mol. The fraction of sp³-hybridized carbons (Fsp3) is 0.929. The second-order valence-electron chi connectivity index (χ2n) is 6.19. The lowest BCUT2D eigenvalue weighted by Gasteiger charge is -2.31. The summed E-state index contributed by atoms with van der Waals surface area (Å²) in [5.41, 5.74) is -0.170. The predicted molar refractivity (Wildman–Crippen MR) is 69.6 cm³/mol. The lowest BCUT2D eigenvalue weighted by molar-refractivity contribution is 0.194. The Morgan fingerprint density at radius 1 is 1.35 bits per heavy atom. The fourth-order valence-corrected chi connectivity index (χ4v) is 3.10. The van der Waals surface area contributed by atoms with Crippen molar-refractivity contribution in [3.8, 4) is 6.07 Å². The van der Waals surface area contributed by atoms with Gasteiger partial charge in [-0.05, 0) is 65.6 Å². The first-order valence-electron chi connectivity index (χ1n) is 7.01. The molecule has 0 aromatic carbocycles. The molecule has 2 atom stereocenters. The molecule has 2 aliphatic heterocycles. The largest absolute Gasteiger partial charge is 0.312 e. The smallest absolute Gasteiger partial charge is 0.0684 e. The average Bonchev–Trinajstić information content (AvgIpc) is 2.96. The molecule has 3 heteroatoms. The molecule has 0 aromatic rings. The Hall–Kier alpha value is -0.590. The van der Waals surface area contributed by atoms with Crippen LogP contribution in [0.25, 0.3) is 0 Å². The standard InChI is InChI=1S/C14H25N3/c1-14(2,11-15)7-10-17-9-4-6-13(17)12-5-3-8-16-12/h12-13,16H,3-10H2,1-2H3. The fourth-order valence-electron chi connectivity index (χ4n) is 3.10. The van der Waals surface area contributed by atoms with E-state index in [2.05, 4.69) is 16.3 Å². The van der Waals surface area contributed by atoms with Crippen molar-refractivity contribution in [3.63, 3.8) is 0 Å². The van der Waals surface area contributed by atoms with Crippen LogP contribution in [0.3, 0.4) is 0 Å². The molecule has 0 saturated carbocycles. The van der Waals surface area contributed by atoms with Crippen molar-refractivity contribution in [2.24, 2.45) is 5.41 Å². The Bertz CT molecular complexity index is 286. The van der Waals surface area contributed by atoms with Crippen LogP contribution in [0.4, 0.5) is 0 Å². The minimum absolute atomic E-state index is 0.170. The molecule has 0 aliphatic carbocycles. The van der Waals surface area contributed by atoms with Crippen LogP contribution < -0.4 is 5.32 Å². The maximum absolute atomic E-state index is 9.06. The predicted octanol–water partition coefficient (Wildman–Crippen LogP) is 2.14. The molecule has 2 fully saturated rings. The molecule has 1 N–H and O–H groups in total. The third kappa shape index (κ3) is 3.20. The van der Waals surface area contributed by atoms with E-state index in [1.165, 1.54) is 38.8 Å². The number of rotatable bonds is 4. The third-order valence-electron chi connectivity index (χ3n) is 4.30. The van der Waals surface area contributed by atoms with Crippen LogP contribution in [0, 0.1) is 16.7 Å². The highest BCUT2D eigenvalue weighted by atomic mass is 15.2. The summed E-state index contributed by atoms with van der Waals surface area (Å²) in [5, 5.41) is 12.7. The Labute approximate surface area is 105 Å². The molecule has 0 radical (unpaired) electrons. The highest BCUT2D eigenvalue weighted by Gasteiger charge is 2.33. The quantitative estimate of drug-likeness (QED) is 0.811. The van der Waals surface area contributed by atoms with Gasteiger partial charge in [-0.3, -0.25) is 4.90 Å². The average molecular weight is 235 g/mol. The molecule has 2 heterocycles. The Balaban J connectivity index is 1.85. The summed E-state index contributed by atoms with van der Waals surface area (Å²) < 4.78 is 0. The van der Waals surface area contributed by atoms with Gasteiger partial charge < -0.3 is 5.32 Å². The van der Waals surface area contributed by atoms with Crippen molar-refractivity contribution in [2.45, 2.75) is 58.0 Å². The topological polar surface area (TPSA) is 39.1 Å². The van der Waals surface area contributed by atoms with Gasteiger partial charge in [-0.15, -0.1) is 0 Å². The van der Waals surface area contributed by atoms with Crippen molar-refractivity contribution < 1.29 is 0 Å². The minimum atomic E-state index is -0.170. The summed E-state index contributed by atoms with van der Waals surface area (Å²) in [7, 11) is 0. The van der Waals surface area contributed by atoms with E-state index in [0.29, 0.717) is 6.04 Å². The summed E-state index contributed by atoms with van der Waals surface area (Å²) >= 11 is 0. The maximum atomic E-state index is 9.06. The van der Waals surface area contributed by atoms with Crippen LogP contribution >= 0.6 is 0 Å². The van der Waals surface area contributed by atoms with Gasteiger partial charge >= 0.3 is 0 Å². The number of nitrogens with zero attached hydrogens (tertiary/aromatic N) is 2. The monoisotopic (exact) mass is 235 g/mol. The van der Waals surface area contributed by atoms with Crippen LogP contribution in [0.15, 0.2) is 0 Å². The summed E-state index contributed by atoms with van der Waals surface area (Å²) in [5.74, 6) is 0. The number of nitrogens with one attached hydrogen (secondary N) is 1. The highest BCUT2D eigenvalue weighted by molar-refractivity contribution is 4.95. The molecular formula is C14H25N3. The second kappa shape index (κ2) is 5.37. The zero-order valence-electron chi connectivity index (χ0n) is 11.2. The molecule has 2 rings (SSSR count). The summed E-state index contributed by atoms with van der Waals surface area (Å²) in [4.78, 5) is 2.61. The van der Waals surface area contributed by atoms with Gasteiger partial charge in [0.15, 0.2) is 0 Å². The Morgan fingerprint density at radius 2 is 2.18 bits per heavy atom. The van der Waals surface area contributed by atoms with Gasteiger partial charge in [0.2, 0.25) is 0 Å². The number of hydrogen-bond donors (Lipinski definition) is 1. The van der Waals surface area contributed by atoms with E-state index in [4.69, 9.17) is 5.26 Å². The molecule has 0 bridgehead atoms.